The van der Waals surface area contributed by atoms with Gasteiger partial charge in [0, 0.05) is 38.2 Å². The monoisotopic (exact) mass is 315 g/mol. The van der Waals surface area contributed by atoms with Crippen LogP contribution < -0.4 is 0 Å². The van der Waals surface area contributed by atoms with Crippen LogP contribution in [0, 0.1) is 12.7 Å². The minimum absolute atomic E-state index is 0.173. The van der Waals surface area contributed by atoms with E-state index < -0.39 is 0 Å². The topological polar surface area (TPSA) is 38.1 Å². The van der Waals surface area contributed by atoms with Gasteiger partial charge in [-0.1, -0.05) is 12.1 Å². The van der Waals surface area contributed by atoms with Crippen LogP contribution in [0.2, 0.25) is 0 Å². The first-order chi connectivity index (χ1) is 11.0. The molecule has 1 aliphatic rings. The number of aryl methyl sites for hydroxylation is 2. The maximum atomic E-state index is 13.3. The summed E-state index contributed by atoms with van der Waals surface area (Å²) in [5, 5.41) is 4.21. The summed E-state index contributed by atoms with van der Waals surface area (Å²) in [7, 11) is 1.91. The summed E-state index contributed by atoms with van der Waals surface area (Å²) >= 11 is 0. The quantitative estimate of drug-likeness (QED) is 0.870. The number of carbonyl (C=O) groups excluding carboxylic acids is 1. The van der Waals surface area contributed by atoms with Crippen LogP contribution in [0.15, 0.2) is 30.5 Å². The first-order valence-corrected chi connectivity index (χ1v) is 8.05. The highest BCUT2D eigenvalue weighted by molar-refractivity contribution is 5.77. The third-order valence-electron chi connectivity index (χ3n) is 4.81. The van der Waals surface area contributed by atoms with Crippen molar-refractivity contribution >= 4 is 5.91 Å². The molecule has 1 saturated heterocycles. The molecule has 1 amide bonds. The Bertz CT molecular complexity index is 710. The number of rotatable bonds is 4. The number of carbonyl (C=O) groups is 1. The van der Waals surface area contributed by atoms with E-state index in [2.05, 4.69) is 5.10 Å². The van der Waals surface area contributed by atoms with Gasteiger partial charge in [0.15, 0.2) is 0 Å². The number of hydrogen-bond acceptors (Lipinski definition) is 2. The molecular formula is C18H22FN3O. The fourth-order valence-electron chi connectivity index (χ4n) is 3.21. The van der Waals surface area contributed by atoms with E-state index in [1.807, 2.05) is 35.8 Å². The zero-order valence-electron chi connectivity index (χ0n) is 13.6. The molecule has 1 unspecified atom stereocenters. The van der Waals surface area contributed by atoms with Gasteiger partial charge in [0.1, 0.15) is 5.82 Å². The van der Waals surface area contributed by atoms with Gasteiger partial charge in [0.05, 0.1) is 6.20 Å². The van der Waals surface area contributed by atoms with Gasteiger partial charge in [0.2, 0.25) is 5.91 Å². The zero-order valence-corrected chi connectivity index (χ0v) is 13.6. The van der Waals surface area contributed by atoms with E-state index in [4.69, 9.17) is 0 Å². The van der Waals surface area contributed by atoms with Gasteiger partial charge in [-0.25, -0.2) is 4.39 Å². The summed E-state index contributed by atoms with van der Waals surface area (Å²) in [6.07, 6.45) is 3.96. The first-order valence-electron chi connectivity index (χ1n) is 8.05. The lowest BCUT2D eigenvalue weighted by atomic mass is 9.98. The summed E-state index contributed by atoms with van der Waals surface area (Å²) in [4.78, 5) is 14.3. The Morgan fingerprint density at radius 3 is 2.96 bits per heavy atom. The van der Waals surface area contributed by atoms with Gasteiger partial charge < -0.3 is 4.90 Å². The van der Waals surface area contributed by atoms with Crippen molar-refractivity contribution in [3.8, 4) is 0 Å². The van der Waals surface area contributed by atoms with E-state index in [1.54, 1.807) is 12.1 Å². The van der Waals surface area contributed by atoms with Crippen molar-refractivity contribution in [3.63, 3.8) is 0 Å². The number of likely N-dealkylation sites (tertiary alicyclic amines) is 1. The normalized spacial score (nSPS) is 17.7. The maximum absolute atomic E-state index is 13.3. The van der Waals surface area contributed by atoms with Crippen molar-refractivity contribution in [2.75, 3.05) is 13.1 Å². The fraction of sp³-hybridized carbons (Fsp3) is 0.444. The van der Waals surface area contributed by atoms with E-state index in [0.717, 1.165) is 36.2 Å². The average Bonchev–Trinajstić information content (AvgIpc) is 3.14. The number of nitrogens with zero attached hydrogens (tertiary/aromatic N) is 3. The molecule has 0 bridgehead atoms. The highest BCUT2D eigenvalue weighted by Gasteiger charge is 2.27. The van der Waals surface area contributed by atoms with E-state index in [1.165, 1.54) is 6.07 Å². The van der Waals surface area contributed by atoms with Crippen LogP contribution in [0.1, 0.15) is 35.6 Å². The molecule has 2 heterocycles. The largest absolute Gasteiger partial charge is 0.342 e. The van der Waals surface area contributed by atoms with E-state index >= 15 is 0 Å². The summed E-state index contributed by atoms with van der Waals surface area (Å²) in [5.41, 5.74) is 3.22. The molecule has 5 heteroatoms. The van der Waals surface area contributed by atoms with Crippen LogP contribution in [-0.2, 0) is 18.3 Å². The lowest BCUT2D eigenvalue weighted by molar-refractivity contribution is -0.130. The van der Waals surface area contributed by atoms with Gasteiger partial charge >= 0.3 is 0 Å². The summed E-state index contributed by atoms with van der Waals surface area (Å²) < 4.78 is 15.2. The molecule has 0 N–H and O–H groups in total. The zero-order chi connectivity index (χ0) is 16.4. The molecule has 0 saturated carbocycles. The molecule has 3 rings (SSSR count). The smallest absolute Gasteiger partial charge is 0.222 e. The Balaban J connectivity index is 1.56. The molecule has 1 aliphatic heterocycles. The molecule has 0 radical (unpaired) electrons. The Labute approximate surface area is 135 Å². The van der Waals surface area contributed by atoms with Crippen molar-refractivity contribution in [1.82, 2.24) is 14.7 Å². The molecule has 1 aromatic heterocycles. The average molecular weight is 315 g/mol. The molecular weight excluding hydrogens is 293 g/mol. The molecule has 4 nitrogen and oxygen atoms in total. The Morgan fingerprint density at radius 2 is 2.26 bits per heavy atom. The van der Waals surface area contributed by atoms with Crippen LogP contribution in [0.4, 0.5) is 4.39 Å². The number of halogens is 1. The Morgan fingerprint density at radius 1 is 1.43 bits per heavy atom. The predicted octanol–water partition coefficient (Wildman–Crippen LogP) is 2.82. The van der Waals surface area contributed by atoms with Gasteiger partial charge in [0.25, 0.3) is 0 Å². The number of benzene rings is 1. The van der Waals surface area contributed by atoms with Crippen molar-refractivity contribution < 1.29 is 9.18 Å². The van der Waals surface area contributed by atoms with E-state index in [0.29, 0.717) is 13.0 Å². The maximum Gasteiger partial charge on any atom is 0.222 e. The number of hydrogen-bond donors (Lipinski definition) is 0. The predicted molar refractivity (Wildman–Crippen MR) is 86.6 cm³/mol. The highest BCUT2D eigenvalue weighted by atomic mass is 19.1. The second kappa shape index (κ2) is 6.52. The number of aromatic nitrogens is 2. The lowest BCUT2D eigenvalue weighted by Gasteiger charge is -2.16. The molecule has 2 aromatic rings. The third-order valence-corrected chi connectivity index (χ3v) is 4.81. The van der Waals surface area contributed by atoms with Crippen LogP contribution >= 0.6 is 0 Å². The van der Waals surface area contributed by atoms with Crippen molar-refractivity contribution in [1.29, 1.82) is 0 Å². The molecule has 23 heavy (non-hydrogen) atoms. The van der Waals surface area contributed by atoms with Crippen LogP contribution in [0.25, 0.3) is 0 Å². The van der Waals surface area contributed by atoms with E-state index in [-0.39, 0.29) is 17.6 Å². The minimum Gasteiger partial charge on any atom is -0.342 e. The molecule has 122 valence electrons. The van der Waals surface area contributed by atoms with Crippen molar-refractivity contribution in [3.05, 3.63) is 53.1 Å². The second-order valence-corrected chi connectivity index (χ2v) is 6.26. The standard InChI is InChI=1S/C18H22FN3O/c1-13-15(11-20-21(13)2)6-7-18(23)22-9-8-16(12-22)14-4-3-5-17(19)10-14/h3-5,10-11,16H,6-9,12H2,1-2H3. The van der Waals surface area contributed by atoms with Gasteiger partial charge in [-0.3, -0.25) is 9.48 Å². The SMILES string of the molecule is Cc1c(CCC(=O)N2CCC(c3cccc(F)c3)C2)cnn1C. The minimum atomic E-state index is -0.209. The molecule has 1 aromatic carbocycles. The summed E-state index contributed by atoms with van der Waals surface area (Å²) in [6.45, 7) is 3.46. The Kier molecular flexibility index (Phi) is 4.46. The first kappa shape index (κ1) is 15.7. The van der Waals surface area contributed by atoms with Crippen LogP contribution in [-0.4, -0.2) is 33.7 Å². The number of amides is 1. The lowest BCUT2D eigenvalue weighted by Crippen LogP contribution is -2.28. The van der Waals surface area contributed by atoms with Crippen molar-refractivity contribution in [2.45, 2.75) is 32.1 Å². The van der Waals surface area contributed by atoms with Gasteiger partial charge in [-0.2, -0.15) is 5.10 Å². The molecule has 1 atom stereocenters. The molecule has 1 fully saturated rings. The molecule has 0 spiro atoms. The third kappa shape index (κ3) is 3.44. The second-order valence-electron chi connectivity index (χ2n) is 6.26. The fourth-order valence-corrected chi connectivity index (χ4v) is 3.21. The van der Waals surface area contributed by atoms with Gasteiger partial charge in [-0.05, 0) is 43.0 Å². The highest BCUT2D eigenvalue weighted by Crippen LogP contribution is 2.28. The molecule has 0 aliphatic carbocycles. The van der Waals surface area contributed by atoms with Crippen LogP contribution in [0.3, 0.4) is 0 Å². The Hall–Kier alpha value is -2.17. The summed E-state index contributed by atoms with van der Waals surface area (Å²) in [6, 6.07) is 6.72. The van der Waals surface area contributed by atoms with Crippen LogP contribution in [0.5, 0.6) is 0 Å². The summed E-state index contributed by atoms with van der Waals surface area (Å²) in [5.74, 6) is 0.210. The van der Waals surface area contributed by atoms with Crippen molar-refractivity contribution in [2.24, 2.45) is 7.05 Å². The van der Waals surface area contributed by atoms with E-state index in [9.17, 15) is 9.18 Å². The van der Waals surface area contributed by atoms with Gasteiger partial charge in [-0.15, -0.1) is 0 Å².